The highest BCUT2D eigenvalue weighted by Crippen LogP contribution is 2.48. The second-order valence-corrected chi connectivity index (χ2v) is 7.00. The largest absolute Gasteiger partial charge is 0.0761 e. The first-order chi connectivity index (χ1) is 9.16. The normalized spacial score (nSPS) is 33.7. The van der Waals surface area contributed by atoms with Crippen LogP contribution in [0.2, 0.25) is 0 Å². The molecule has 102 valence electrons. The first kappa shape index (κ1) is 13.0. The van der Waals surface area contributed by atoms with E-state index in [0.29, 0.717) is 5.92 Å². The molecule has 0 nitrogen and oxygen atoms in total. The van der Waals surface area contributed by atoms with Crippen LogP contribution in [-0.4, -0.2) is 0 Å². The fraction of sp³-hybridized carbons (Fsp3) is 0.579. The minimum atomic E-state index is 0.673. The van der Waals surface area contributed by atoms with E-state index >= 15 is 0 Å². The molecule has 1 aromatic carbocycles. The van der Waals surface area contributed by atoms with Gasteiger partial charge < -0.3 is 0 Å². The van der Waals surface area contributed by atoms with Gasteiger partial charge in [0, 0.05) is 5.92 Å². The molecule has 2 aliphatic rings. The molecule has 19 heavy (non-hydrogen) atoms. The first-order valence-corrected chi connectivity index (χ1v) is 7.94. The SMILES string of the molecule is CC(C)[C@@H]1CC[C@@H](C)C[C@@H]1C1C=Cc2ccccc21. The Morgan fingerprint density at radius 1 is 1.11 bits per heavy atom. The molecule has 0 amide bonds. The van der Waals surface area contributed by atoms with Gasteiger partial charge in [0.15, 0.2) is 0 Å². The van der Waals surface area contributed by atoms with Crippen LogP contribution in [0.4, 0.5) is 0 Å². The number of fused-ring (bicyclic) bond motifs is 1. The van der Waals surface area contributed by atoms with Crippen molar-refractivity contribution in [2.45, 2.75) is 46.0 Å². The fourth-order valence-corrected chi connectivity index (χ4v) is 4.34. The van der Waals surface area contributed by atoms with Crippen LogP contribution in [-0.2, 0) is 0 Å². The van der Waals surface area contributed by atoms with Crippen LogP contribution in [0.15, 0.2) is 30.3 Å². The maximum Gasteiger partial charge on any atom is 0.00583 e. The molecule has 1 aromatic rings. The highest BCUT2D eigenvalue weighted by atomic mass is 14.4. The standard InChI is InChI=1S/C19H26/c1-13(2)16-10-8-14(3)12-19(16)18-11-9-15-6-4-5-7-17(15)18/h4-7,9,11,13-14,16,18-19H,8,10,12H2,1-3H3/t14-,16+,18?,19+/m1/s1. The monoisotopic (exact) mass is 254 g/mol. The van der Waals surface area contributed by atoms with E-state index in [1.54, 1.807) is 5.56 Å². The van der Waals surface area contributed by atoms with E-state index in [4.69, 9.17) is 0 Å². The van der Waals surface area contributed by atoms with E-state index in [1.165, 1.54) is 24.8 Å². The molecular formula is C19H26. The van der Waals surface area contributed by atoms with Crippen molar-refractivity contribution in [1.82, 2.24) is 0 Å². The summed E-state index contributed by atoms with van der Waals surface area (Å²) in [6.07, 6.45) is 9.08. The highest BCUT2D eigenvalue weighted by molar-refractivity contribution is 5.62. The fourth-order valence-electron chi connectivity index (χ4n) is 4.34. The minimum absolute atomic E-state index is 0.673. The third-order valence-electron chi connectivity index (χ3n) is 5.37. The molecule has 0 aliphatic heterocycles. The van der Waals surface area contributed by atoms with Crippen molar-refractivity contribution < 1.29 is 0 Å². The van der Waals surface area contributed by atoms with E-state index < -0.39 is 0 Å². The summed E-state index contributed by atoms with van der Waals surface area (Å²) in [5.74, 6) is 4.15. The van der Waals surface area contributed by atoms with Gasteiger partial charge in [0.05, 0.1) is 0 Å². The first-order valence-electron chi connectivity index (χ1n) is 7.94. The number of allylic oxidation sites excluding steroid dienone is 1. The van der Waals surface area contributed by atoms with Gasteiger partial charge >= 0.3 is 0 Å². The summed E-state index contributed by atoms with van der Waals surface area (Å²) in [4.78, 5) is 0. The maximum absolute atomic E-state index is 2.47. The molecule has 0 bridgehead atoms. The Bertz CT molecular complexity index is 469. The van der Waals surface area contributed by atoms with E-state index in [-0.39, 0.29) is 0 Å². The Balaban J connectivity index is 1.90. The van der Waals surface area contributed by atoms with Crippen LogP contribution in [0, 0.1) is 23.7 Å². The van der Waals surface area contributed by atoms with Gasteiger partial charge in [-0.1, -0.05) is 63.6 Å². The van der Waals surface area contributed by atoms with Gasteiger partial charge in [0.2, 0.25) is 0 Å². The molecule has 1 saturated carbocycles. The Kier molecular flexibility index (Phi) is 3.52. The third-order valence-corrected chi connectivity index (χ3v) is 5.37. The summed E-state index contributed by atoms with van der Waals surface area (Å²) in [7, 11) is 0. The quantitative estimate of drug-likeness (QED) is 0.653. The molecule has 2 aliphatic carbocycles. The molecule has 1 fully saturated rings. The van der Waals surface area contributed by atoms with Gasteiger partial charge in [-0.2, -0.15) is 0 Å². The van der Waals surface area contributed by atoms with Crippen molar-refractivity contribution in [1.29, 1.82) is 0 Å². The predicted molar refractivity (Wildman–Crippen MR) is 83.1 cm³/mol. The zero-order valence-corrected chi connectivity index (χ0v) is 12.5. The molecule has 0 saturated heterocycles. The maximum atomic E-state index is 2.47. The second-order valence-electron chi connectivity index (χ2n) is 7.00. The Labute approximate surface area is 117 Å². The van der Waals surface area contributed by atoms with Crippen LogP contribution in [0.1, 0.15) is 57.1 Å². The highest BCUT2D eigenvalue weighted by Gasteiger charge is 2.37. The molecule has 0 aromatic heterocycles. The van der Waals surface area contributed by atoms with E-state index in [9.17, 15) is 0 Å². The van der Waals surface area contributed by atoms with E-state index in [0.717, 1.165) is 23.7 Å². The summed E-state index contributed by atoms with van der Waals surface area (Å²) < 4.78 is 0. The van der Waals surface area contributed by atoms with E-state index in [1.807, 2.05) is 0 Å². The lowest BCUT2D eigenvalue weighted by Gasteiger charge is -2.40. The van der Waals surface area contributed by atoms with Gasteiger partial charge in [-0.15, -0.1) is 0 Å². The van der Waals surface area contributed by atoms with Crippen molar-refractivity contribution in [3.63, 3.8) is 0 Å². The second kappa shape index (κ2) is 5.15. The lowest BCUT2D eigenvalue weighted by molar-refractivity contribution is 0.133. The average Bonchev–Trinajstić information content (AvgIpc) is 2.82. The molecule has 0 heterocycles. The molecule has 0 spiro atoms. The van der Waals surface area contributed by atoms with Crippen LogP contribution in [0.3, 0.4) is 0 Å². The Morgan fingerprint density at radius 3 is 2.68 bits per heavy atom. The molecule has 1 unspecified atom stereocenters. The zero-order chi connectivity index (χ0) is 13.4. The van der Waals surface area contributed by atoms with Gasteiger partial charge in [-0.3, -0.25) is 0 Å². The van der Waals surface area contributed by atoms with Crippen molar-refractivity contribution in [3.8, 4) is 0 Å². The average molecular weight is 254 g/mol. The van der Waals surface area contributed by atoms with Gasteiger partial charge in [-0.25, -0.2) is 0 Å². The molecule has 0 N–H and O–H groups in total. The summed E-state index contributed by atoms with van der Waals surface area (Å²) in [6.45, 7) is 7.27. The number of hydrogen-bond donors (Lipinski definition) is 0. The Hall–Kier alpha value is -1.04. The van der Waals surface area contributed by atoms with Gasteiger partial charge in [0.25, 0.3) is 0 Å². The lowest BCUT2D eigenvalue weighted by atomic mass is 9.64. The van der Waals surface area contributed by atoms with Crippen molar-refractivity contribution >= 4 is 6.08 Å². The topological polar surface area (TPSA) is 0 Å². The zero-order valence-electron chi connectivity index (χ0n) is 12.5. The summed E-state index contributed by atoms with van der Waals surface area (Å²) >= 11 is 0. The Morgan fingerprint density at radius 2 is 1.89 bits per heavy atom. The third kappa shape index (κ3) is 2.38. The van der Waals surface area contributed by atoms with Crippen LogP contribution in [0.25, 0.3) is 6.08 Å². The smallest absolute Gasteiger partial charge is 0.00583 e. The van der Waals surface area contributed by atoms with Crippen molar-refractivity contribution in [3.05, 3.63) is 41.5 Å². The molecule has 0 heteroatoms. The number of rotatable bonds is 2. The molecule has 3 rings (SSSR count). The number of hydrogen-bond acceptors (Lipinski definition) is 0. The van der Waals surface area contributed by atoms with Crippen LogP contribution in [0.5, 0.6) is 0 Å². The van der Waals surface area contributed by atoms with Crippen molar-refractivity contribution in [2.75, 3.05) is 0 Å². The lowest BCUT2D eigenvalue weighted by Crippen LogP contribution is -2.31. The van der Waals surface area contributed by atoms with Crippen molar-refractivity contribution in [2.24, 2.45) is 23.7 Å². The predicted octanol–water partition coefficient (Wildman–Crippen LogP) is 5.51. The molecule has 4 atom stereocenters. The summed E-state index contributed by atoms with van der Waals surface area (Å²) in [5, 5.41) is 0. The summed E-state index contributed by atoms with van der Waals surface area (Å²) in [5.41, 5.74) is 3.03. The van der Waals surface area contributed by atoms with Crippen LogP contribution < -0.4 is 0 Å². The minimum Gasteiger partial charge on any atom is -0.0761 e. The van der Waals surface area contributed by atoms with E-state index in [2.05, 4.69) is 57.2 Å². The summed E-state index contributed by atoms with van der Waals surface area (Å²) in [6, 6.07) is 8.98. The molecular weight excluding hydrogens is 228 g/mol. The molecule has 0 radical (unpaired) electrons. The van der Waals surface area contributed by atoms with Gasteiger partial charge in [0.1, 0.15) is 0 Å². The number of benzene rings is 1. The van der Waals surface area contributed by atoms with Gasteiger partial charge in [-0.05, 0) is 47.6 Å². The van der Waals surface area contributed by atoms with Crippen LogP contribution >= 0.6 is 0 Å².